The number of halogens is 1. The molecule has 2 rings (SSSR count). The van der Waals surface area contributed by atoms with Gasteiger partial charge in [0, 0.05) is 19.1 Å². The van der Waals surface area contributed by atoms with Gasteiger partial charge in [-0.3, -0.25) is 0 Å². The molecular weight excluding hydrogens is 224 g/mol. The summed E-state index contributed by atoms with van der Waals surface area (Å²) in [7, 11) is 1.81. The summed E-state index contributed by atoms with van der Waals surface area (Å²) in [6.45, 7) is 5.45. The van der Waals surface area contributed by atoms with Gasteiger partial charge >= 0.3 is 0 Å². The van der Waals surface area contributed by atoms with Gasteiger partial charge in [-0.05, 0) is 26.7 Å². The zero-order chi connectivity index (χ0) is 11.8. The van der Waals surface area contributed by atoms with Crippen LogP contribution in [0.1, 0.15) is 26.7 Å². The van der Waals surface area contributed by atoms with Crippen LogP contribution in [0.25, 0.3) is 0 Å². The molecule has 0 amide bonds. The van der Waals surface area contributed by atoms with E-state index in [1.54, 1.807) is 6.20 Å². The summed E-state index contributed by atoms with van der Waals surface area (Å²) in [6.07, 6.45) is 4.01. The molecule has 1 aliphatic heterocycles. The Hall–Kier alpha value is -1.03. The van der Waals surface area contributed by atoms with Crippen molar-refractivity contribution in [1.82, 2.24) is 9.97 Å². The minimum absolute atomic E-state index is 0.128. The Bertz CT molecular complexity index is 392. The highest BCUT2D eigenvalue weighted by Crippen LogP contribution is 2.36. The largest absolute Gasteiger partial charge is 0.357 e. The van der Waals surface area contributed by atoms with Crippen molar-refractivity contribution in [3.05, 3.63) is 11.2 Å². The first-order chi connectivity index (χ1) is 7.54. The molecule has 0 aromatic carbocycles. The number of hydrogen-bond acceptors (Lipinski definition) is 4. The van der Waals surface area contributed by atoms with Crippen LogP contribution in [0.15, 0.2) is 6.20 Å². The summed E-state index contributed by atoms with van der Waals surface area (Å²) < 4.78 is 0. The quantitative estimate of drug-likeness (QED) is 0.863. The third-order valence-electron chi connectivity index (χ3n) is 3.11. The average molecular weight is 241 g/mol. The van der Waals surface area contributed by atoms with Crippen molar-refractivity contribution < 1.29 is 0 Å². The molecule has 2 heterocycles. The Morgan fingerprint density at radius 2 is 2.25 bits per heavy atom. The van der Waals surface area contributed by atoms with Gasteiger partial charge in [0.25, 0.3) is 0 Å². The summed E-state index contributed by atoms with van der Waals surface area (Å²) in [4.78, 5) is 10.8. The monoisotopic (exact) mass is 240 g/mol. The summed E-state index contributed by atoms with van der Waals surface area (Å²) in [6, 6.07) is 0. The van der Waals surface area contributed by atoms with Crippen molar-refractivity contribution in [2.24, 2.45) is 0 Å². The molecule has 0 radical (unpaired) electrons. The van der Waals surface area contributed by atoms with Gasteiger partial charge in [0.15, 0.2) is 5.82 Å². The lowest BCUT2D eigenvalue weighted by Crippen LogP contribution is -2.39. The van der Waals surface area contributed by atoms with E-state index in [9.17, 15) is 0 Å². The third-order valence-corrected chi connectivity index (χ3v) is 3.37. The smallest absolute Gasteiger partial charge is 0.224 e. The van der Waals surface area contributed by atoms with E-state index in [-0.39, 0.29) is 5.54 Å². The van der Waals surface area contributed by atoms with Crippen LogP contribution >= 0.6 is 11.6 Å². The van der Waals surface area contributed by atoms with E-state index >= 15 is 0 Å². The second kappa shape index (κ2) is 4.09. The maximum absolute atomic E-state index is 6.17. The molecule has 0 bridgehead atoms. The average Bonchev–Trinajstić information content (AvgIpc) is 2.59. The van der Waals surface area contributed by atoms with E-state index in [0.29, 0.717) is 11.0 Å². The minimum Gasteiger partial charge on any atom is -0.357 e. The van der Waals surface area contributed by atoms with E-state index in [1.807, 2.05) is 7.05 Å². The maximum Gasteiger partial charge on any atom is 0.224 e. The summed E-state index contributed by atoms with van der Waals surface area (Å²) in [5, 5.41) is 3.56. The number of hydrogen-bond donors (Lipinski definition) is 1. The summed E-state index contributed by atoms with van der Waals surface area (Å²) >= 11 is 6.17. The molecule has 0 atom stereocenters. The van der Waals surface area contributed by atoms with Crippen molar-refractivity contribution in [2.75, 3.05) is 23.8 Å². The van der Waals surface area contributed by atoms with Crippen molar-refractivity contribution in [1.29, 1.82) is 0 Å². The number of nitrogens with zero attached hydrogens (tertiary/aromatic N) is 3. The first kappa shape index (κ1) is 11.5. The van der Waals surface area contributed by atoms with Gasteiger partial charge in [0.1, 0.15) is 5.02 Å². The molecule has 1 aromatic rings. The zero-order valence-electron chi connectivity index (χ0n) is 9.92. The van der Waals surface area contributed by atoms with Gasteiger partial charge in [-0.2, -0.15) is 4.98 Å². The number of nitrogens with one attached hydrogen (secondary N) is 1. The molecule has 1 aliphatic rings. The molecule has 1 saturated heterocycles. The lowest BCUT2D eigenvalue weighted by molar-refractivity contribution is 0.514. The van der Waals surface area contributed by atoms with Crippen LogP contribution in [0, 0.1) is 0 Å². The second-order valence-corrected chi connectivity index (χ2v) is 5.09. The molecule has 1 N–H and O–H groups in total. The molecule has 0 spiro atoms. The van der Waals surface area contributed by atoms with Crippen LogP contribution < -0.4 is 10.2 Å². The fourth-order valence-electron chi connectivity index (χ4n) is 2.17. The Labute approximate surface area is 101 Å². The molecule has 5 heteroatoms. The van der Waals surface area contributed by atoms with Gasteiger partial charge in [-0.25, -0.2) is 4.98 Å². The van der Waals surface area contributed by atoms with Gasteiger partial charge in [0.2, 0.25) is 5.95 Å². The standard InChI is InChI=1S/C11H17ClN4/c1-11(2)5-4-6-16(11)9-8(12)7-14-10(13-3)15-9/h7H,4-6H2,1-3H3,(H,13,14,15). The van der Waals surface area contributed by atoms with Crippen LogP contribution in [0.5, 0.6) is 0 Å². The minimum atomic E-state index is 0.128. The molecule has 0 aliphatic carbocycles. The molecule has 88 valence electrons. The van der Waals surface area contributed by atoms with E-state index in [1.165, 1.54) is 12.8 Å². The zero-order valence-corrected chi connectivity index (χ0v) is 10.7. The highest BCUT2D eigenvalue weighted by molar-refractivity contribution is 6.32. The maximum atomic E-state index is 6.17. The normalized spacial score (nSPS) is 18.9. The lowest BCUT2D eigenvalue weighted by atomic mass is 10.0. The van der Waals surface area contributed by atoms with Crippen LogP contribution in [0.3, 0.4) is 0 Å². The SMILES string of the molecule is CNc1ncc(Cl)c(N2CCCC2(C)C)n1. The lowest BCUT2D eigenvalue weighted by Gasteiger charge is -2.33. The Morgan fingerprint density at radius 1 is 1.50 bits per heavy atom. The number of rotatable bonds is 2. The third kappa shape index (κ3) is 1.94. The first-order valence-corrected chi connectivity index (χ1v) is 5.90. The van der Waals surface area contributed by atoms with Gasteiger partial charge in [-0.1, -0.05) is 11.6 Å². The van der Waals surface area contributed by atoms with Crippen LogP contribution in [0.2, 0.25) is 5.02 Å². The molecule has 0 saturated carbocycles. The fourth-order valence-corrected chi connectivity index (χ4v) is 2.36. The highest BCUT2D eigenvalue weighted by atomic mass is 35.5. The van der Waals surface area contributed by atoms with E-state index in [2.05, 4.69) is 34.0 Å². The van der Waals surface area contributed by atoms with Gasteiger partial charge < -0.3 is 10.2 Å². The predicted octanol–water partition coefficient (Wildman–Crippen LogP) is 2.55. The molecule has 0 unspecified atom stereocenters. The Balaban J connectivity index is 2.39. The predicted molar refractivity (Wildman–Crippen MR) is 67.2 cm³/mol. The molecule has 4 nitrogen and oxygen atoms in total. The molecule has 1 fully saturated rings. The van der Waals surface area contributed by atoms with E-state index in [0.717, 1.165) is 12.4 Å². The number of anilines is 2. The first-order valence-electron chi connectivity index (χ1n) is 5.52. The molecule has 1 aromatic heterocycles. The Morgan fingerprint density at radius 3 is 2.81 bits per heavy atom. The van der Waals surface area contributed by atoms with Crippen molar-refractivity contribution >= 4 is 23.4 Å². The molecule has 16 heavy (non-hydrogen) atoms. The van der Waals surface area contributed by atoms with Gasteiger partial charge in [0.05, 0.1) is 6.20 Å². The van der Waals surface area contributed by atoms with Crippen LogP contribution in [-0.2, 0) is 0 Å². The van der Waals surface area contributed by atoms with Crippen molar-refractivity contribution in [2.45, 2.75) is 32.2 Å². The number of aromatic nitrogens is 2. The summed E-state index contributed by atoms with van der Waals surface area (Å²) in [5.74, 6) is 1.45. The van der Waals surface area contributed by atoms with Crippen LogP contribution in [0.4, 0.5) is 11.8 Å². The van der Waals surface area contributed by atoms with E-state index < -0.39 is 0 Å². The topological polar surface area (TPSA) is 41.1 Å². The fraction of sp³-hybridized carbons (Fsp3) is 0.636. The highest BCUT2D eigenvalue weighted by Gasteiger charge is 2.34. The molecular formula is C11H17ClN4. The van der Waals surface area contributed by atoms with Crippen LogP contribution in [-0.4, -0.2) is 29.1 Å². The van der Waals surface area contributed by atoms with Crippen molar-refractivity contribution in [3.8, 4) is 0 Å². The van der Waals surface area contributed by atoms with Gasteiger partial charge in [-0.15, -0.1) is 0 Å². The Kier molecular flexibility index (Phi) is 2.93. The summed E-state index contributed by atoms with van der Waals surface area (Å²) in [5.41, 5.74) is 0.128. The van der Waals surface area contributed by atoms with E-state index in [4.69, 9.17) is 11.6 Å². The second-order valence-electron chi connectivity index (χ2n) is 4.68. The van der Waals surface area contributed by atoms with Crippen molar-refractivity contribution in [3.63, 3.8) is 0 Å².